The molecule has 0 saturated heterocycles. The summed E-state index contributed by atoms with van der Waals surface area (Å²) in [5.74, 6) is 0.976. The summed E-state index contributed by atoms with van der Waals surface area (Å²) in [5.41, 5.74) is 3.16. The van der Waals surface area contributed by atoms with Crippen molar-refractivity contribution in [2.75, 3.05) is 0 Å². The molecule has 17 heavy (non-hydrogen) atoms. The standard InChI is InChI=1S/C13H11N3S/c1-2-4-10(5-3-1)9-17-11-6-7-12-13(8-11)15-16-14-12/h1-8H,9H2,(H,14,15,16). The molecule has 1 N–H and O–H groups in total. The van der Waals surface area contributed by atoms with Crippen LogP contribution in [0.15, 0.2) is 53.4 Å². The third kappa shape index (κ3) is 2.31. The van der Waals surface area contributed by atoms with Crippen molar-refractivity contribution in [1.82, 2.24) is 15.4 Å². The van der Waals surface area contributed by atoms with Gasteiger partial charge in [-0.2, -0.15) is 15.4 Å². The van der Waals surface area contributed by atoms with E-state index in [9.17, 15) is 0 Å². The molecule has 1 aromatic heterocycles. The predicted molar refractivity (Wildman–Crippen MR) is 69.9 cm³/mol. The summed E-state index contributed by atoms with van der Waals surface area (Å²) < 4.78 is 0. The first-order valence-corrected chi connectivity index (χ1v) is 6.38. The number of nitrogens with zero attached hydrogens (tertiary/aromatic N) is 2. The Morgan fingerprint density at radius 2 is 1.76 bits per heavy atom. The second-order valence-electron chi connectivity index (χ2n) is 3.75. The minimum atomic E-state index is 0.911. The van der Waals surface area contributed by atoms with Gasteiger partial charge in [0.25, 0.3) is 0 Å². The number of H-pyrrole nitrogens is 1. The van der Waals surface area contributed by atoms with Crippen LogP contribution >= 0.6 is 11.8 Å². The highest BCUT2D eigenvalue weighted by Gasteiger charge is 2.00. The van der Waals surface area contributed by atoms with Gasteiger partial charge in [-0.15, -0.1) is 11.8 Å². The number of benzene rings is 2. The van der Waals surface area contributed by atoms with Crippen LogP contribution in [0, 0.1) is 0 Å². The zero-order valence-corrected chi connectivity index (χ0v) is 9.95. The molecule has 0 radical (unpaired) electrons. The van der Waals surface area contributed by atoms with Crippen molar-refractivity contribution >= 4 is 22.8 Å². The van der Waals surface area contributed by atoms with Crippen molar-refractivity contribution < 1.29 is 0 Å². The summed E-state index contributed by atoms with van der Waals surface area (Å²) in [5, 5.41) is 10.7. The van der Waals surface area contributed by atoms with Crippen LogP contribution in [-0.2, 0) is 5.75 Å². The van der Waals surface area contributed by atoms with Gasteiger partial charge < -0.3 is 0 Å². The summed E-state index contributed by atoms with van der Waals surface area (Å²) in [6, 6.07) is 16.6. The Morgan fingerprint density at radius 3 is 2.65 bits per heavy atom. The quantitative estimate of drug-likeness (QED) is 0.716. The van der Waals surface area contributed by atoms with Crippen LogP contribution in [0.5, 0.6) is 0 Å². The van der Waals surface area contributed by atoms with E-state index < -0.39 is 0 Å². The van der Waals surface area contributed by atoms with E-state index in [0.717, 1.165) is 16.8 Å². The number of aromatic nitrogens is 3. The molecule has 3 aromatic rings. The van der Waals surface area contributed by atoms with Crippen LogP contribution in [-0.4, -0.2) is 15.4 Å². The monoisotopic (exact) mass is 241 g/mol. The van der Waals surface area contributed by atoms with E-state index in [1.807, 2.05) is 23.9 Å². The van der Waals surface area contributed by atoms with Gasteiger partial charge >= 0.3 is 0 Å². The summed E-state index contributed by atoms with van der Waals surface area (Å²) >= 11 is 1.81. The van der Waals surface area contributed by atoms with Gasteiger partial charge in [0.15, 0.2) is 0 Å². The third-order valence-corrected chi connectivity index (χ3v) is 3.60. The van der Waals surface area contributed by atoms with Crippen molar-refractivity contribution in [3.63, 3.8) is 0 Å². The molecule has 0 bridgehead atoms. The zero-order valence-electron chi connectivity index (χ0n) is 9.13. The van der Waals surface area contributed by atoms with Gasteiger partial charge in [-0.1, -0.05) is 30.3 Å². The van der Waals surface area contributed by atoms with Gasteiger partial charge in [-0.25, -0.2) is 0 Å². The predicted octanol–water partition coefficient (Wildman–Crippen LogP) is 3.25. The maximum Gasteiger partial charge on any atom is 0.114 e. The van der Waals surface area contributed by atoms with Gasteiger partial charge in [0, 0.05) is 10.6 Å². The first-order valence-electron chi connectivity index (χ1n) is 5.39. The lowest BCUT2D eigenvalue weighted by Gasteiger charge is -2.01. The molecule has 0 aliphatic rings. The number of hydrogen-bond acceptors (Lipinski definition) is 3. The Morgan fingerprint density at radius 1 is 0.941 bits per heavy atom. The highest BCUT2D eigenvalue weighted by molar-refractivity contribution is 7.98. The lowest BCUT2D eigenvalue weighted by Crippen LogP contribution is -1.79. The van der Waals surface area contributed by atoms with Crippen molar-refractivity contribution in [1.29, 1.82) is 0 Å². The van der Waals surface area contributed by atoms with Gasteiger partial charge in [0.1, 0.15) is 11.0 Å². The van der Waals surface area contributed by atoms with E-state index in [1.165, 1.54) is 10.5 Å². The maximum absolute atomic E-state index is 4.08. The van der Waals surface area contributed by atoms with E-state index in [0.29, 0.717) is 0 Å². The lowest BCUT2D eigenvalue weighted by atomic mass is 10.2. The highest BCUT2D eigenvalue weighted by Crippen LogP contribution is 2.24. The number of fused-ring (bicyclic) bond motifs is 1. The molecule has 0 aliphatic carbocycles. The van der Waals surface area contributed by atoms with Gasteiger partial charge in [-0.3, -0.25) is 0 Å². The molecular formula is C13H11N3S. The molecule has 2 aromatic carbocycles. The van der Waals surface area contributed by atoms with E-state index >= 15 is 0 Å². The first-order chi connectivity index (χ1) is 8.42. The van der Waals surface area contributed by atoms with Gasteiger partial charge in [0.2, 0.25) is 0 Å². The molecule has 0 saturated carbocycles. The van der Waals surface area contributed by atoms with E-state index in [2.05, 4.69) is 51.8 Å². The number of hydrogen-bond donors (Lipinski definition) is 1. The molecule has 0 atom stereocenters. The maximum atomic E-state index is 4.08. The van der Waals surface area contributed by atoms with Crippen molar-refractivity contribution in [2.24, 2.45) is 0 Å². The molecule has 3 nitrogen and oxygen atoms in total. The first kappa shape index (κ1) is 10.4. The van der Waals surface area contributed by atoms with Crippen LogP contribution in [0.1, 0.15) is 5.56 Å². The molecule has 0 aliphatic heterocycles. The highest BCUT2D eigenvalue weighted by atomic mass is 32.2. The largest absolute Gasteiger partial charge is 0.197 e. The molecule has 3 rings (SSSR count). The van der Waals surface area contributed by atoms with Crippen LogP contribution in [0.25, 0.3) is 11.0 Å². The average molecular weight is 241 g/mol. The van der Waals surface area contributed by atoms with Crippen molar-refractivity contribution in [2.45, 2.75) is 10.6 Å². The second-order valence-corrected chi connectivity index (χ2v) is 4.80. The SMILES string of the molecule is c1ccc(CSc2ccc3n[nH]nc3c2)cc1. The average Bonchev–Trinajstić information content (AvgIpc) is 2.85. The molecule has 4 heteroatoms. The topological polar surface area (TPSA) is 41.6 Å². The Hall–Kier alpha value is -1.81. The normalized spacial score (nSPS) is 10.8. The summed E-state index contributed by atoms with van der Waals surface area (Å²) in [6.45, 7) is 0. The van der Waals surface area contributed by atoms with E-state index in [4.69, 9.17) is 0 Å². The smallest absolute Gasteiger partial charge is 0.114 e. The minimum absolute atomic E-state index is 0.911. The van der Waals surface area contributed by atoms with Crippen LogP contribution in [0.4, 0.5) is 0 Å². The number of thioether (sulfide) groups is 1. The molecule has 0 fully saturated rings. The molecule has 0 amide bonds. The van der Waals surface area contributed by atoms with Crippen LogP contribution in [0.2, 0.25) is 0 Å². The summed E-state index contributed by atoms with van der Waals surface area (Å²) in [6.07, 6.45) is 0. The van der Waals surface area contributed by atoms with Gasteiger partial charge in [-0.05, 0) is 23.8 Å². The second kappa shape index (κ2) is 4.59. The molecular weight excluding hydrogens is 230 g/mol. The van der Waals surface area contributed by atoms with E-state index in [1.54, 1.807) is 0 Å². The third-order valence-electron chi connectivity index (χ3n) is 2.54. The number of nitrogens with one attached hydrogen (secondary N) is 1. The van der Waals surface area contributed by atoms with Gasteiger partial charge in [0.05, 0.1) is 0 Å². The minimum Gasteiger partial charge on any atom is -0.197 e. The zero-order chi connectivity index (χ0) is 11.5. The lowest BCUT2D eigenvalue weighted by molar-refractivity contribution is 0.959. The van der Waals surface area contributed by atoms with Crippen molar-refractivity contribution in [3.05, 3.63) is 54.1 Å². The molecule has 0 unspecified atom stereocenters. The fourth-order valence-corrected chi connectivity index (χ4v) is 2.54. The Bertz CT molecular complexity index is 619. The summed E-state index contributed by atoms with van der Waals surface area (Å²) in [7, 11) is 0. The number of rotatable bonds is 3. The number of aromatic amines is 1. The molecule has 84 valence electrons. The summed E-state index contributed by atoms with van der Waals surface area (Å²) in [4.78, 5) is 1.22. The molecule has 1 heterocycles. The van der Waals surface area contributed by atoms with Crippen LogP contribution < -0.4 is 0 Å². The van der Waals surface area contributed by atoms with Crippen molar-refractivity contribution in [3.8, 4) is 0 Å². The Kier molecular flexibility index (Phi) is 2.80. The fraction of sp³-hybridized carbons (Fsp3) is 0.0769. The van der Waals surface area contributed by atoms with E-state index in [-0.39, 0.29) is 0 Å². The molecule has 0 spiro atoms. The Labute approximate surface area is 103 Å². The van der Waals surface area contributed by atoms with Crippen LogP contribution in [0.3, 0.4) is 0 Å². The Balaban J connectivity index is 1.76. The fourth-order valence-electron chi connectivity index (χ4n) is 1.65.